The SMILES string of the molecule is CC(=O)N1CCN(C(=O)Cc2cccc([C@H](C)Sc3nncn3C)c2)CC1. The van der Waals surface area contributed by atoms with Crippen LogP contribution in [0.25, 0.3) is 0 Å². The third-order valence-corrected chi connectivity index (χ3v) is 6.01. The number of rotatable bonds is 5. The third kappa shape index (κ3) is 4.88. The van der Waals surface area contributed by atoms with E-state index >= 15 is 0 Å². The Morgan fingerprint density at radius 3 is 2.52 bits per heavy atom. The van der Waals surface area contributed by atoms with Crippen LogP contribution in [0.1, 0.15) is 30.2 Å². The number of nitrogens with zero attached hydrogens (tertiary/aromatic N) is 5. The lowest BCUT2D eigenvalue weighted by molar-refractivity contribution is -0.138. The molecule has 1 aromatic carbocycles. The van der Waals surface area contributed by atoms with E-state index in [9.17, 15) is 9.59 Å². The van der Waals surface area contributed by atoms with Crippen LogP contribution in [0.5, 0.6) is 0 Å². The number of carbonyl (C=O) groups excluding carboxylic acids is 2. The van der Waals surface area contributed by atoms with E-state index in [4.69, 9.17) is 0 Å². The third-order valence-electron chi connectivity index (χ3n) is 4.81. The number of aryl methyl sites for hydroxylation is 1. The Labute approximate surface area is 163 Å². The van der Waals surface area contributed by atoms with Crippen LogP contribution in [-0.4, -0.2) is 62.6 Å². The summed E-state index contributed by atoms with van der Waals surface area (Å²) < 4.78 is 1.90. The number of benzene rings is 1. The van der Waals surface area contributed by atoms with E-state index in [-0.39, 0.29) is 17.1 Å². The molecule has 0 spiro atoms. The average Bonchev–Trinajstić information content (AvgIpc) is 3.06. The normalized spacial score (nSPS) is 15.7. The highest BCUT2D eigenvalue weighted by molar-refractivity contribution is 7.99. The Balaban J connectivity index is 1.59. The summed E-state index contributed by atoms with van der Waals surface area (Å²) in [6.45, 7) is 6.15. The lowest BCUT2D eigenvalue weighted by atomic mass is 10.1. The number of hydrogen-bond donors (Lipinski definition) is 0. The van der Waals surface area contributed by atoms with Gasteiger partial charge in [0.25, 0.3) is 0 Å². The van der Waals surface area contributed by atoms with Gasteiger partial charge in [-0.15, -0.1) is 10.2 Å². The second-order valence-electron chi connectivity index (χ2n) is 6.79. The van der Waals surface area contributed by atoms with E-state index in [0.717, 1.165) is 16.3 Å². The number of aromatic nitrogens is 3. The maximum atomic E-state index is 12.6. The van der Waals surface area contributed by atoms with Crippen molar-refractivity contribution in [2.45, 2.75) is 30.7 Å². The number of thioether (sulfide) groups is 1. The van der Waals surface area contributed by atoms with Gasteiger partial charge in [0.1, 0.15) is 6.33 Å². The van der Waals surface area contributed by atoms with Crippen molar-refractivity contribution in [3.05, 3.63) is 41.7 Å². The molecule has 3 rings (SSSR count). The summed E-state index contributed by atoms with van der Waals surface area (Å²) in [5, 5.41) is 9.11. The molecule has 1 fully saturated rings. The fraction of sp³-hybridized carbons (Fsp3) is 0.474. The minimum absolute atomic E-state index is 0.0733. The summed E-state index contributed by atoms with van der Waals surface area (Å²) in [5.74, 6) is 0.188. The Morgan fingerprint density at radius 2 is 1.89 bits per heavy atom. The lowest BCUT2D eigenvalue weighted by Crippen LogP contribution is -2.50. The molecule has 0 aliphatic carbocycles. The molecule has 1 saturated heterocycles. The second-order valence-corrected chi connectivity index (χ2v) is 8.10. The van der Waals surface area contributed by atoms with Crippen LogP contribution in [0.2, 0.25) is 0 Å². The second kappa shape index (κ2) is 8.56. The predicted octanol–water partition coefficient (Wildman–Crippen LogP) is 1.90. The van der Waals surface area contributed by atoms with Gasteiger partial charge in [-0.2, -0.15) is 0 Å². The molecule has 2 aromatic rings. The van der Waals surface area contributed by atoms with Crippen LogP contribution in [0.4, 0.5) is 0 Å². The number of amides is 2. The van der Waals surface area contributed by atoms with Gasteiger partial charge in [0.05, 0.1) is 6.42 Å². The van der Waals surface area contributed by atoms with E-state index in [0.29, 0.717) is 32.6 Å². The molecular formula is C19H25N5O2S. The fourth-order valence-corrected chi connectivity index (χ4v) is 4.03. The van der Waals surface area contributed by atoms with E-state index in [2.05, 4.69) is 29.3 Å². The van der Waals surface area contributed by atoms with Crippen molar-refractivity contribution in [3.8, 4) is 0 Å². The van der Waals surface area contributed by atoms with Crippen LogP contribution in [0.3, 0.4) is 0 Å². The van der Waals surface area contributed by atoms with Gasteiger partial charge in [-0.1, -0.05) is 36.0 Å². The van der Waals surface area contributed by atoms with Crippen LogP contribution < -0.4 is 0 Å². The highest BCUT2D eigenvalue weighted by Crippen LogP contribution is 2.33. The summed E-state index contributed by atoms with van der Waals surface area (Å²) in [6.07, 6.45) is 2.07. The molecule has 0 saturated carbocycles. The molecule has 1 atom stereocenters. The molecule has 0 N–H and O–H groups in total. The zero-order valence-corrected chi connectivity index (χ0v) is 16.8. The Bertz CT molecular complexity index is 814. The Kier molecular flexibility index (Phi) is 6.15. The summed E-state index contributed by atoms with van der Waals surface area (Å²) in [7, 11) is 1.93. The first-order valence-corrected chi connectivity index (χ1v) is 9.95. The molecule has 144 valence electrons. The maximum Gasteiger partial charge on any atom is 0.227 e. The number of piperazine rings is 1. The van der Waals surface area contributed by atoms with Crippen molar-refractivity contribution in [1.29, 1.82) is 0 Å². The van der Waals surface area contributed by atoms with Crippen LogP contribution in [0.15, 0.2) is 35.7 Å². The van der Waals surface area contributed by atoms with Crippen LogP contribution in [-0.2, 0) is 23.1 Å². The first kappa shape index (κ1) is 19.4. The molecule has 8 heteroatoms. The van der Waals surface area contributed by atoms with E-state index < -0.39 is 0 Å². The molecule has 1 aliphatic heterocycles. The van der Waals surface area contributed by atoms with Gasteiger partial charge in [-0.05, 0) is 18.1 Å². The zero-order valence-electron chi connectivity index (χ0n) is 16.0. The molecule has 0 radical (unpaired) electrons. The molecule has 27 heavy (non-hydrogen) atoms. The van der Waals surface area contributed by atoms with Crippen molar-refractivity contribution in [2.75, 3.05) is 26.2 Å². The molecule has 2 heterocycles. The standard InChI is InChI=1S/C19H25N5O2S/c1-14(27-19-21-20-13-22(19)3)17-6-4-5-16(11-17)12-18(26)24-9-7-23(8-10-24)15(2)25/h4-6,11,13-14H,7-10,12H2,1-3H3/t14-/m0/s1. The Hall–Kier alpha value is -2.35. The number of hydrogen-bond acceptors (Lipinski definition) is 5. The minimum Gasteiger partial charge on any atom is -0.339 e. The molecule has 7 nitrogen and oxygen atoms in total. The van der Waals surface area contributed by atoms with E-state index in [1.54, 1.807) is 29.9 Å². The summed E-state index contributed by atoms with van der Waals surface area (Å²) in [4.78, 5) is 27.7. The van der Waals surface area contributed by atoms with Crippen molar-refractivity contribution in [1.82, 2.24) is 24.6 Å². The smallest absolute Gasteiger partial charge is 0.227 e. The molecular weight excluding hydrogens is 362 g/mol. The van der Waals surface area contributed by atoms with Crippen LogP contribution >= 0.6 is 11.8 Å². The van der Waals surface area contributed by atoms with Gasteiger partial charge in [0.2, 0.25) is 11.8 Å². The van der Waals surface area contributed by atoms with Gasteiger partial charge in [-0.3, -0.25) is 9.59 Å². The van der Waals surface area contributed by atoms with Crippen LogP contribution in [0, 0.1) is 0 Å². The maximum absolute atomic E-state index is 12.6. The zero-order chi connectivity index (χ0) is 19.4. The quantitative estimate of drug-likeness (QED) is 0.733. The van der Waals surface area contributed by atoms with Gasteiger partial charge >= 0.3 is 0 Å². The minimum atomic E-state index is 0.0733. The summed E-state index contributed by atoms with van der Waals surface area (Å²) in [5.41, 5.74) is 2.17. The predicted molar refractivity (Wildman–Crippen MR) is 104 cm³/mol. The molecule has 1 aromatic heterocycles. The first-order chi connectivity index (χ1) is 12.9. The highest BCUT2D eigenvalue weighted by Gasteiger charge is 2.22. The van der Waals surface area contributed by atoms with Gasteiger partial charge in [0, 0.05) is 45.4 Å². The highest BCUT2D eigenvalue weighted by atomic mass is 32.2. The number of carbonyl (C=O) groups is 2. The van der Waals surface area contributed by atoms with E-state index in [1.165, 1.54) is 0 Å². The van der Waals surface area contributed by atoms with Crippen molar-refractivity contribution >= 4 is 23.6 Å². The molecule has 1 aliphatic rings. The largest absolute Gasteiger partial charge is 0.339 e. The van der Waals surface area contributed by atoms with Gasteiger partial charge < -0.3 is 14.4 Å². The van der Waals surface area contributed by atoms with E-state index in [1.807, 2.05) is 28.6 Å². The lowest BCUT2D eigenvalue weighted by Gasteiger charge is -2.34. The van der Waals surface area contributed by atoms with Gasteiger partial charge in [0.15, 0.2) is 5.16 Å². The summed E-state index contributed by atoms with van der Waals surface area (Å²) in [6, 6.07) is 8.16. The molecule has 2 amide bonds. The van der Waals surface area contributed by atoms with Crippen molar-refractivity contribution in [2.24, 2.45) is 7.05 Å². The Morgan fingerprint density at radius 1 is 1.19 bits per heavy atom. The summed E-state index contributed by atoms with van der Waals surface area (Å²) >= 11 is 1.65. The van der Waals surface area contributed by atoms with Crippen molar-refractivity contribution < 1.29 is 9.59 Å². The van der Waals surface area contributed by atoms with Crippen molar-refractivity contribution in [3.63, 3.8) is 0 Å². The first-order valence-electron chi connectivity index (χ1n) is 9.07. The monoisotopic (exact) mass is 387 g/mol. The topological polar surface area (TPSA) is 71.3 Å². The fourth-order valence-electron chi connectivity index (χ4n) is 3.12. The molecule has 0 unspecified atom stereocenters. The van der Waals surface area contributed by atoms with Gasteiger partial charge in [-0.25, -0.2) is 0 Å². The molecule has 0 bridgehead atoms. The average molecular weight is 388 g/mol.